The molecule has 0 bridgehead atoms. The Morgan fingerprint density at radius 2 is 1.56 bits per heavy atom. The molecule has 1 N–H and O–H groups in total. The molecule has 0 fully saturated rings. The number of aryl methyl sites for hydroxylation is 1. The van der Waals surface area contributed by atoms with Crippen LogP contribution in [0.25, 0.3) is 0 Å². The highest BCUT2D eigenvalue weighted by Gasteiger charge is 2.14. The van der Waals surface area contributed by atoms with Gasteiger partial charge in [0.25, 0.3) is 0 Å². The summed E-state index contributed by atoms with van der Waals surface area (Å²) in [6.07, 6.45) is 2.27. The van der Waals surface area contributed by atoms with Crippen LogP contribution in [0.2, 0.25) is 15.1 Å². The Morgan fingerprint density at radius 3 is 2.21 bits per heavy atom. The van der Waals surface area contributed by atoms with Crippen LogP contribution in [0, 0.1) is 6.92 Å². The van der Waals surface area contributed by atoms with E-state index in [9.17, 15) is 4.79 Å². The minimum atomic E-state index is -0.0386. The van der Waals surface area contributed by atoms with E-state index >= 15 is 0 Å². The summed E-state index contributed by atoms with van der Waals surface area (Å²) in [7, 11) is 0. The van der Waals surface area contributed by atoms with E-state index in [0.29, 0.717) is 38.3 Å². The number of anilines is 1. The predicted molar refractivity (Wildman–Crippen MR) is 143 cm³/mol. The lowest BCUT2D eigenvalue weighted by molar-refractivity contribution is 0.103. The van der Waals surface area contributed by atoms with Crippen LogP contribution in [-0.4, -0.2) is 12.0 Å². The molecule has 0 aliphatic carbocycles. The van der Waals surface area contributed by atoms with Crippen LogP contribution in [0.15, 0.2) is 90.0 Å². The number of hydrogen-bond acceptors (Lipinski definition) is 3. The molecule has 4 rings (SSSR count). The van der Waals surface area contributed by atoms with Gasteiger partial charge >= 0.3 is 0 Å². The highest BCUT2D eigenvalue weighted by molar-refractivity contribution is 6.36. The highest BCUT2D eigenvalue weighted by Crippen LogP contribution is 2.31. The van der Waals surface area contributed by atoms with Gasteiger partial charge < -0.3 is 0 Å². The number of hydrazone groups is 1. The van der Waals surface area contributed by atoms with E-state index in [0.717, 1.165) is 22.3 Å². The van der Waals surface area contributed by atoms with E-state index in [1.54, 1.807) is 42.6 Å². The van der Waals surface area contributed by atoms with Crippen molar-refractivity contribution in [1.82, 2.24) is 0 Å². The maximum Gasteiger partial charge on any atom is 0.193 e. The summed E-state index contributed by atoms with van der Waals surface area (Å²) in [4.78, 5) is 12.9. The van der Waals surface area contributed by atoms with Crippen molar-refractivity contribution in [3.8, 4) is 0 Å². The first-order valence-electron chi connectivity index (χ1n) is 10.6. The molecule has 3 nitrogen and oxygen atoms in total. The Bertz CT molecular complexity index is 1330. The summed E-state index contributed by atoms with van der Waals surface area (Å²) in [5.74, 6) is -0.0386. The predicted octanol–water partition coefficient (Wildman–Crippen LogP) is 8.22. The third kappa shape index (κ3) is 5.87. The van der Waals surface area contributed by atoms with Gasteiger partial charge in [-0.15, -0.1) is 0 Å². The van der Waals surface area contributed by atoms with Crippen molar-refractivity contribution < 1.29 is 4.79 Å². The zero-order chi connectivity index (χ0) is 24.1. The zero-order valence-corrected chi connectivity index (χ0v) is 20.6. The average Bonchev–Trinajstić information content (AvgIpc) is 2.82. The van der Waals surface area contributed by atoms with Gasteiger partial charge in [0.1, 0.15) is 0 Å². The molecule has 34 heavy (non-hydrogen) atoms. The minimum absolute atomic E-state index is 0.0386. The fourth-order valence-electron chi connectivity index (χ4n) is 3.61. The van der Waals surface area contributed by atoms with E-state index in [1.807, 2.05) is 55.5 Å². The van der Waals surface area contributed by atoms with Gasteiger partial charge in [0.15, 0.2) is 5.78 Å². The molecular formula is C28H21Cl3N2O. The second kappa shape index (κ2) is 10.9. The number of hydrogen-bond donors (Lipinski definition) is 1. The first-order valence-corrected chi connectivity index (χ1v) is 11.8. The first-order chi connectivity index (χ1) is 16.4. The van der Waals surface area contributed by atoms with Crippen molar-refractivity contribution in [2.24, 2.45) is 5.10 Å². The van der Waals surface area contributed by atoms with Crippen LogP contribution in [0.3, 0.4) is 0 Å². The molecule has 0 saturated carbocycles. The summed E-state index contributed by atoms with van der Waals surface area (Å²) >= 11 is 19.0. The van der Waals surface area contributed by atoms with Crippen LogP contribution in [0.5, 0.6) is 0 Å². The maximum absolute atomic E-state index is 12.9. The van der Waals surface area contributed by atoms with E-state index in [1.165, 1.54) is 0 Å². The third-order valence-corrected chi connectivity index (χ3v) is 6.30. The Hall–Kier alpha value is -3.11. The second-order valence-electron chi connectivity index (χ2n) is 7.86. The lowest BCUT2D eigenvalue weighted by atomic mass is 9.95. The minimum Gasteiger partial charge on any atom is -0.289 e. The highest BCUT2D eigenvalue weighted by atomic mass is 35.5. The Balaban J connectivity index is 1.49. The fourth-order valence-corrected chi connectivity index (χ4v) is 4.35. The van der Waals surface area contributed by atoms with Crippen molar-refractivity contribution >= 4 is 52.5 Å². The monoisotopic (exact) mass is 506 g/mol. The molecule has 4 aromatic carbocycles. The molecule has 0 aliphatic heterocycles. The van der Waals surface area contributed by atoms with E-state index < -0.39 is 0 Å². The Kier molecular flexibility index (Phi) is 7.69. The SMILES string of the molecule is Cc1cc(Cc2c(Cl)cc(NN=Cc3ccccc3)cc2Cl)ccc1C(=O)c1ccc(Cl)cc1. The fraction of sp³-hybridized carbons (Fsp3) is 0.0714. The molecule has 170 valence electrons. The van der Waals surface area contributed by atoms with Gasteiger partial charge in [0.2, 0.25) is 0 Å². The number of ketones is 1. The van der Waals surface area contributed by atoms with Gasteiger partial charge in [-0.1, -0.05) is 83.3 Å². The van der Waals surface area contributed by atoms with Gasteiger partial charge in [0, 0.05) is 32.6 Å². The number of halogens is 3. The Morgan fingerprint density at radius 1 is 0.882 bits per heavy atom. The number of carbonyl (C=O) groups excluding carboxylic acids is 1. The lowest BCUT2D eigenvalue weighted by Crippen LogP contribution is -2.04. The molecule has 0 spiro atoms. The maximum atomic E-state index is 12.9. The van der Waals surface area contributed by atoms with Crippen molar-refractivity contribution in [3.63, 3.8) is 0 Å². The summed E-state index contributed by atoms with van der Waals surface area (Å²) < 4.78 is 0. The van der Waals surface area contributed by atoms with E-state index in [-0.39, 0.29) is 5.78 Å². The summed E-state index contributed by atoms with van der Waals surface area (Å²) in [6, 6.07) is 26.0. The largest absolute Gasteiger partial charge is 0.289 e. The molecule has 0 radical (unpaired) electrons. The first kappa shape index (κ1) is 24.0. The van der Waals surface area contributed by atoms with Gasteiger partial charge in [0.05, 0.1) is 11.9 Å². The molecule has 0 atom stereocenters. The third-order valence-electron chi connectivity index (χ3n) is 5.37. The quantitative estimate of drug-likeness (QED) is 0.155. The van der Waals surface area contributed by atoms with Gasteiger partial charge in [-0.05, 0) is 65.6 Å². The number of benzene rings is 4. The summed E-state index contributed by atoms with van der Waals surface area (Å²) in [6.45, 7) is 1.92. The molecule has 0 amide bonds. The normalized spacial score (nSPS) is 11.1. The molecular weight excluding hydrogens is 487 g/mol. The Labute approximate surface area is 214 Å². The van der Waals surface area contributed by atoms with Crippen molar-refractivity contribution in [3.05, 3.63) is 133 Å². The number of nitrogens with zero attached hydrogens (tertiary/aromatic N) is 1. The van der Waals surface area contributed by atoms with Crippen LogP contribution in [0.1, 0.15) is 38.2 Å². The standard InChI is InChI=1S/C28H21Cl3N2O/c1-18-13-20(7-12-24(18)28(34)21-8-10-22(29)11-9-21)14-25-26(30)15-23(16-27(25)31)33-32-17-19-5-3-2-4-6-19/h2-13,15-17,33H,14H2,1H3. The van der Waals surface area contributed by atoms with Crippen molar-refractivity contribution in [1.29, 1.82) is 0 Å². The molecule has 0 unspecified atom stereocenters. The number of rotatable bonds is 7. The molecule has 0 aromatic heterocycles. The molecule has 0 heterocycles. The number of carbonyl (C=O) groups is 1. The van der Waals surface area contributed by atoms with Crippen LogP contribution >= 0.6 is 34.8 Å². The van der Waals surface area contributed by atoms with Crippen LogP contribution < -0.4 is 5.43 Å². The molecule has 0 aliphatic rings. The second-order valence-corrected chi connectivity index (χ2v) is 9.11. The smallest absolute Gasteiger partial charge is 0.193 e. The molecule has 6 heteroatoms. The topological polar surface area (TPSA) is 41.5 Å². The zero-order valence-electron chi connectivity index (χ0n) is 18.4. The van der Waals surface area contributed by atoms with Crippen LogP contribution in [0.4, 0.5) is 5.69 Å². The summed E-state index contributed by atoms with van der Waals surface area (Å²) in [5, 5.41) is 5.93. The van der Waals surface area contributed by atoms with Crippen molar-refractivity contribution in [2.45, 2.75) is 13.3 Å². The van der Waals surface area contributed by atoms with E-state index in [4.69, 9.17) is 34.8 Å². The molecule has 4 aromatic rings. The lowest BCUT2D eigenvalue weighted by Gasteiger charge is -2.12. The van der Waals surface area contributed by atoms with Gasteiger partial charge in [-0.2, -0.15) is 5.10 Å². The average molecular weight is 508 g/mol. The van der Waals surface area contributed by atoms with Crippen LogP contribution in [-0.2, 0) is 6.42 Å². The summed E-state index contributed by atoms with van der Waals surface area (Å²) in [5.41, 5.74) is 8.62. The number of nitrogens with one attached hydrogen (secondary N) is 1. The van der Waals surface area contributed by atoms with Crippen molar-refractivity contribution in [2.75, 3.05) is 5.43 Å². The van der Waals surface area contributed by atoms with Gasteiger partial charge in [-0.25, -0.2) is 0 Å². The van der Waals surface area contributed by atoms with Gasteiger partial charge in [-0.3, -0.25) is 10.2 Å². The molecule has 0 saturated heterocycles. The van der Waals surface area contributed by atoms with E-state index in [2.05, 4.69) is 10.5 Å².